The predicted molar refractivity (Wildman–Crippen MR) is 124 cm³/mol. The summed E-state index contributed by atoms with van der Waals surface area (Å²) in [6.07, 6.45) is 13.9. The van der Waals surface area contributed by atoms with Crippen LogP contribution in [0.25, 0.3) is 22.2 Å². The number of H-pyrrole nitrogens is 1. The molecule has 1 aromatic carbocycles. The van der Waals surface area contributed by atoms with Gasteiger partial charge in [0.25, 0.3) is 0 Å². The summed E-state index contributed by atoms with van der Waals surface area (Å²) in [5.41, 5.74) is 6.10. The van der Waals surface area contributed by atoms with Gasteiger partial charge in [-0.1, -0.05) is 12.1 Å². The fraction of sp³-hybridized carbons (Fsp3) is 0.308. The Bertz CT molecular complexity index is 1100. The third-order valence-electron chi connectivity index (χ3n) is 6.39. The number of pyridine rings is 2. The van der Waals surface area contributed by atoms with Gasteiger partial charge in [0.15, 0.2) is 0 Å². The third-order valence-corrected chi connectivity index (χ3v) is 6.39. The van der Waals surface area contributed by atoms with Gasteiger partial charge in [-0.2, -0.15) is 0 Å². The van der Waals surface area contributed by atoms with E-state index in [9.17, 15) is 0 Å². The van der Waals surface area contributed by atoms with Crippen LogP contribution in [0.3, 0.4) is 0 Å². The second-order valence-corrected chi connectivity index (χ2v) is 8.33. The van der Waals surface area contributed by atoms with Gasteiger partial charge in [0, 0.05) is 49.0 Å². The smallest absolute Gasteiger partial charge is 0.0936 e. The molecule has 4 heterocycles. The van der Waals surface area contributed by atoms with Gasteiger partial charge in [0.05, 0.1) is 11.4 Å². The molecule has 1 fully saturated rings. The summed E-state index contributed by atoms with van der Waals surface area (Å²) in [6.45, 7) is 2.21. The molecule has 0 saturated carbocycles. The number of benzene rings is 1. The van der Waals surface area contributed by atoms with E-state index >= 15 is 0 Å². The van der Waals surface area contributed by atoms with Gasteiger partial charge < -0.3 is 9.88 Å². The third kappa shape index (κ3) is 4.09. The quantitative estimate of drug-likeness (QED) is 0.459. The van der Waals surface area contributed by atoms with Crippen molar-refractivity contribution in [1.29, 1.82) is 0 Å². The van der Waals surface area contributed by atoms with E-state index in [-0.39, 0.29) is 0 Å². The number of hydrogen-bond donors (Lipinski definition) is 1. The van der Waals surface area contributed by atoms with E-state index < -0.39 is 0 Å². The van der Waals surface area contributed by atoms with Crippen LogP contribution in [-0.2, 0) is 6.42 Å². The minimum Gasteiger partial charge on any atom is -0.370 e. The number of nitrogens with zero attached hydrogens (tertiary/aromatic N) is 3. The first-order chi connectivity index (χ1) is 14.9. The highest BCUT2D eigenvalue weighted by atomic mass is 15.1. The molecule has 5 rings (SSSR count). The Hall–Kier alpha value is -3.14. The van der Waals surface area contributed by atoms with Crippen LogP contribution in [0.5, 0.6) is 0 Å². The van der Waals surface area contributed by atoms with Crippen molar-refractivity contribution in [2.45, 2.75) is 32.1 Å². The van der Waals surface area contributed by atoms with Gasteiger partial charge in [-0.3, -0.25) is 9.97 Å². The lowest BCUT2D eigenvalue weighted by atomic mass is 9.93. The maximum atomic E-state index is 4.78. The van der Waals surface area contributed by atoms with Crippen LogP contribution in [0.2, 0.25) is 0 Å². The highest BCUT2D eigenvalue weighted by molar-refractivity contribution is 5.86. The van der Waals surface area contributed by atoms with Crippen LogP contribution in [0.4, 0.5) is 5.69 Å². The highest BCUT2D eigenvalue weighted by Gasteiger charge is 2.20. The van der Waals surface area contributed by atoms with Crippen LogP contribution in [0.15, 0.2) is 73.3 Å². The summed E-state index contributed by atoms with van der Waals surface area (Å²) in [7, 11) is 0. The van der Waals surface area contributed by atoms with Gasteiger partial charge in [-0.25, -0.2) is 0 Å². The first-order valence-electron chi connectivity index (χ1n) is 11.0. The van der Waals surface area contributed by atoms with Crippen molar-refractivity contribution in [3.63, 3.8) is 0 Å². The molecule has 1 unspecified atom stereocenters. The molecule has 30 heavy (non-hydrogen) atoms. The molecule has 4 aromatic rings. The summed E-state index contributed by atoms with van der Waals surface area (Å²) in [5, 5.41) is 1.24. The molecule has 4 heteroatoms. The number of nitrogens with one attached hydrogen (secondary N) is 1. The lowest BCUT2D eigenvalue weighted by Crippen LogP contribution is -2.25. The predicted octanol–water partition coefficient (Wildman–Crippen LogP) is 5.86. The molecule has 0 bridgehead atoms. The van der Waals surface area contributed by atoms with Crippen molar-refractivity contribution in [1.82, 2.24) is 15.0 Å². The molecule has 1 N–H and O–H groups in total. The molecule has 0 amide bonds. The molecule has 4 nitrogen and oxygen atoms in total. The lowest BCUT2D eigenvalue weighted by molar-refractivity contribution is 0.440. The zero-order chi connectivity index (χ0) is 20.2. The normalized spacial score (nSPS) is 17.2. The Labute approximate surface area is 178 Å². The standard InChI is InChI=1S/C26H28N4/c1-4-25(26(29-13-1)23-8-7-22-11-16-28-24(22)19-23)30-17-2-3-20(12-18-30)5-6-21-9-14-27-15-10-21/h1,4,7-11,13-16,19-20,28H,2-3,5-6,12,17-18H2. The van der Waals surface area contributed by atoms with E-state index in [1.54, 1.807) is 0 Å². The molecule has 1 aliphatic rings. The Morgan fingerprint density at radius 1 is 0.967 bits per heavy atom. The minimum absolute atomic E-state index is 0.790. The minimum atomic E-state index is 0.790. The average Bonchev–Trinajstić information content (AvgIpc) is 3.15. The first kappa shape index (κ1) is 18.9. The summed E-state index contributed by atoms with van der Waals surface area (Å²) >= 11 is 0. The molecule has 152 valence electrons. The monoisotopic (exact) mass is 396 g/mol. The number of anilines is 1. The number of rotatable bonds is 5. The summed E-state index contributed by atoms with van der Waals surface area (Å²) in [4.78, 5) is 14.8. The van der Waals surface area contributed by atoms with Crippen LogP contribution in [0.1, 0.15) is 31.2 Å². The van der Waals surface area contributed by atoms with E-state index in [2.05, 4.69) is 63.4 Å². The van der Waals surface area contributed by atoms with E-state index in [1.807, 2.05) is 24.8 Å². The zero-order valence-electron chi connectivity index (χ0n) is 17.3. The number of fused-ring (bicyclic) bond motifs is 1. The molecule has 1 saturated heterocycles. The molecular weight excluding hydrogens is 368 g/mol. The Balaban J connectivity index is 1.31. The summed E-state index contributed by atoms with van der Waals surface area (Å²) in [5.74, 6) is 0.790. The molecule has 1 atom stereocenters. The van der Waals surface area contributed by atoms with Gasteiger partial charge in [-0.05, 0) is 85.4 Å². The van der Waals surface area contributed by atoms with E-state index in [4.69, 9.17) is 4.98 Å². The second-order valence-electron chi connectivity index (χ2n) is 8.33. The number of aromatic amines is 1. The SMILES string of the molecule is c1cnc(-c2ccc3cc[nH]c3c2)c(N2CCCC(CCc3ccncc3)CC2)c1. The van der Waals surface area contributed by atoms with Gasteiger partial charge in [-0.15, -0.1) is 0 Å². The average molecular weight is 397 g/mol. The van der Waals surface area contributed by atoms with Gasteiger partial charge in [0.2, 0.25) is 0 Å². The Morgan fingerprint density at radius 2 is 1.90 bits per heavy atom. The Kier molecular flexibility index (Phi) is 5.47. The van der Waals surface area contributed by atoms with Crippen LogP contribution < -0.4 is 4.90 Å². The number of hydrogen-bond acceptors (Lipinski definition) is 3. The number of aryl methyl sites for hydroxylation is 1. The number of aromatic nitrogens is 3. The maximum absolute atomic E-state index is 4.78. The second kappa shape index (κ2) is 8.70. The lowest BCUT2D eigenvalue weighted by Gasteiger charge is -2.25. The van der Waals surface area contributed by atoms with Crippen molar-refractivity contribution in [3.8, 4) is 11.3 Å². The molecule has 1 aliphatic heterocycles. The van der Waals surface area contributed by atoms with Crippen molar-refractivity contribution < 1.29 is 0 Å². The van der Waals surface area contributed by atoms with Gasteiger partial charge >= 0.3 is 0 Å². The van der Waals surface area contributed by atoms with Crippen molar-refractivity contribution >= 4 is 16.6 Å². The highest BCUT2D eigenvalue weighted by Crippen LogP contribution is 2.33. The maximum Gasteiger partial charge on any atom is 0.0936 e. The van der Waals surface area contributed by atoms with E-state index in [0.29, 0.717) is 0 Å². The zero-order valence-corrected chi connectivity index (χ0v) is 17.3. The van der Waals surface area contributed by atoms with Crippen LogP contribution in [-0.4, -0.2) is 28.0 Å². The van der Waals surface area contributed by atoms with Crippen LogP contribution in [0, 0.1) is 5.92 Å². The molecule has 0 radical (unpaired) electrons. The van der Waals surface area contributed by atoms with Gasteiger partial charge in [0.1, 0.15) is 0 Å². The van der Waals surface area contributed by atoms with Crippen LogP contribution >= 0.6 is 0 Å². The van der Waals surface area contributed by atoms with Crippen molar-refractivity contribution in [3.05, 3.63) is 78.9 Å². The molecular formula is C26H28N4. The van der Waals surface area contributed by atoms with Crippen molar-refractivity contribution in [2.75, 3.05) is 18.0 Å². The molecule has 0 spiro atoms. The largest absolute Gasteiger partial charge is 0.370 e. The van der Waals surface area contributed by atoms with Crippen molar-refractivity contribution in [2.24, 2.45) is 5.92 Å². The fourth-order valence-corrected chi connectivity index (χ4v) is 4.68. The summed E-state index contributed by atoms with van der Waals surface area (Å²) < 4.78 is 0. The van der Waals surface area contributed by atoms with E-state index in [1.165, 1.54) is 47.9 Å². The topological polar surface area (TPSA) is 44.8 Å². The van der Waals surface area contributed by atoms with E-state index in [0.717, 1.165) is 36.6 Å². The Morgan fingerprint density at radius 3 is 2.83 bits per heavy atom. The molecule has 0 aliphatic carbocycles. The fourth-order valence-electron chi connectivity index (χ4n) is 4.68. The summed E-state index contributed by atoms with van der Waals surface area (Å²) in [6, 6.07) is 17.3. The molecule has 3 aromatic heterocycles. The first-order valence-corrected chi connectivity index (χ1v) is 11.0.